The summed E-state index contributed by atoms with van der Waals surface area (Å²) in [6.45, 7) is 5.15. The van der Waals surface area contributed by atoms with E-state index in [2.05, 4.69) is 20.8 Å². The molecule has 0 spiro atoms. The normalized spacial score (nSPS) is 13.8. The summed E-state index contributed by atoms with van der Waals surface area (Å²) >= 11 is 0. The Kier molecular flexibility index (Phi) is 6.18. The number of anilines is 4. The van der Waals surface area contributed by atoms with E-state index in [1.807, 2.05) is 38.1 Å². The number of phenols is 1. The number of H-pyrrole nitrogens is 1. The Hall–Kier alpha value is -4.05. The lowest BCUT2D eigenvalue weighted by molar-refractivity contribution is -0.125. The van der Waals surface area contributed by atoms with Crippen molar-refractivity contribution in [2.45, 2.75) is 20.4 Å². The summed E-state index contributed by atoms with van der Waals surface area (Å²) < 4.78 is 5.16. The first-order valence-electron chi connectivity index (χ1n) is 10.5. The van der Waals surface area contributed by atoms with E-state index in [9.17, 15) is 14.7 Å². The van der Waals surface area contributed by atoms with Gasteiger partial charge >= 0.3 is 0 Å². The first kappa shape index (κ1) is 22.2. The highest BCUT2D eigenvalue weighted by Crippen LogP contribution is 2.28. The zero-order valence-electron chi connectivity index (χ0n) is 18.4. The Labute approximate surface area is 190 Å². The fraction of sp³-hybridized carbons (Fsp3) is 0.261. The van der Waals surface area contributed by atoms with Gasteiger partial charge in [0.05, 0.1) is 6.61 Å². The highest BCUT2D eigenvalue weighted by Gasteiger charge is 2.21. The molecule has 172 valence electrons. The summed E-state index contributed by atoms with van der Waals surface area (Å²) in [7, 11) is 0. The number of aryl methyl sites for hydroxylation is 2. The van der Waals surface area contributed by atoms with Gasteiger partial charge in [-0.15, -0.1) is 0 Å². The van der Waals surface area contributed by atoms with Gasteiger partial charge in [-0.2, -0.15) is 5.10 Å². The van der Waals surface area contributed by atoms with Crippen LogP contribution in [0.3, 0.4) is 0 Å². The molecular weight excluding hydrogens is 424 g/mol. The van der Waals surface area contributed by atoms with Crippen molar-refractivity contribution in [2.24, 2.45) is 5.73 Å². The molecule has 1 saturated heterocycles. The molecule has 3 aromatic rings. The van der Waals surface area contributed by atoms with Crippen LogP contribution in [0.4, 0.5) is 23.0 Å². The number of carbonyl (C=O) groups excluding carboxylic acids is 2. The van der Waals surface area contributed by atoms with Gasteiger partial charge in [0.25, 0.3) is 11.8 Å². The number of aromatic amines is 1. The average Bonchev–Trinajstić information content (AvgIpc) is 3.19. The number of amides is 2. The maximum absolute atomic E-state index is 12.1. The van der Waals surface area contributed by atoms with Gasteiger partial charge in [-0.1, -0.05) is 12.1 Å². The third-order valence-corrected chi connectivity index (χ3v) is 5.46. The number of benzene rings is 2. The number of aromatic hydroxyl groups is 1. The Morgan fingerprint density at radius 3 is 2.58 bits per heavy atom. The van der Waals surface area contributed by atoms with E-state index in [4.69, 9.17) is 10.5 Å². The number of hydrogen-bond donors (Lipinski definition) is 5. The number of carbonyl (C=O) groups is 2. The average molecular weight is 450 g/mol. The van der Waals surface area contributed by atoms with Crippen LogP contribution in [0.5, 0.6) is 5.75 Å². The minimum absolute atomic E-state index is 0.0785. The fourth-order valence-electron chi connectivity index (χ4n) is 3.79. The van der Waals surface area contributed by atoms with Gasteiger partial charge < -0.3 is 31.1 Å². The van der Waals surface area contributed by atoms with Crippen LogP contribution >= 0.6 is 0 Å². The van der Waals surface area contributed by atoms with Crippen LogP contribution in [0, 0.1) is 13.8 Å². The number of nitrogens with one attached hydrogen (secondary N) is 3. The number of nitrogens with two attached hydrogens (primary N) is 1. The highest BCUT2D eigenvalue weighted by molar-refractivity contribution is 6.03. The molecule has 1 aliphatic rings. The molecule has 10 nitrogen and oxygen atoms in total. The number of aromatic nitrogens is 2. The Morgan fingerprint density at radius 2 is 1.94 bits per heavy atom. The van der Waals surface area contributed by atoms with Gasteiger partial charge in [-0.3, -0.25) is 14.7 Å². The van der Waals surface area contributed by atoms with Crippen LogP contribution in [-0.4, -0.2) is 46.9 Å². The van der Waals surface area contributed by atoms with E-state index in [-0.39, 0.29) is 23.8 Å². The molecule has 1 aliphatic heterocycles. The van der Waals surface area contributed by atoms with Crippen molar-refractivity contribution in [2.75, 3.05) is 35.3 Å². The van der Waals surface area contributed by atoms with Gasteiger partial charge in [0.2, 0.25) is 0 Å². The predicted octanol–water partition coefficient (Wildman–Crippen LogP) is 2.55. The summed E-state index contributed by atoms with van der Waals surface area (Å²) in [5.74, 6) is 0.234. The second-order valence-electron chi connectivity index (χ2n) is 7.89. The van der Waals surface area contributed by atoms with Gasteiger partial charge in [0, 0.05) is 24.5 Å². The molecule has 4 rings (SSSR count). The minimum Gasteiger partial charge on any atom is -0.507 e. The van der Waals surface area contributed by atoms with Crippen molar-refractivity contribution in [1.29, 1.82) is 0 Å². The summed E-state index contributed by atoms with van der Waals surface area (Å²) in [5, 5.41) is 23.2. The smallest absolute Gasteiger partial charge is 0.256 e. The van der Waals surface area contributed by atoms with Crippen LogP contribution in [0.15, 0.2) is 36.4 Å². The molecule has 0 radical (unpaired) electrons. The number of hydrogen-bond acceptors (Lipinski definition) is 7. The van der Waals surface area contributed by atoms with Crippen LogP contribution in [0.1, 0.15) is 27.0 Å². The molecule has 0 aliphatic carbocycles. The van der Waals surface area contributed by atoms with Gasteiger partial charge in [-0.05, 0) is 54.8 Å². The van der Waals surface area contributed by atoms with Crippen LogP contribution in [0.2, 0.25) is 0 Å². The van der Waals surface area contributed by atoms with E-state index in [1.165, 1.54) is 0 Å². The Morgan fingerprint density at radius 1 is 1.24 bits per heavy atom. The lowest BCUT2D eigenvalue weighted by Gasteiger charge is -2.26. The third-order valence-electron chi connectivity index (χ3n) is 5.46. The second-order valence-corrected chi connectivity index (χ2v) is 7.89. The number of phenolic OH excluding ortho intramolecular Hbond substituents is 1. The molecule has 1 fully saturated rings. The Balaban J connectivity index is 1.49. The Bertz CT molecular complexity index is 1170. The van der Waals surface area contributed by atoms with Crippen LogP contribution in [-0.2, 0) is 16.1 Å². The second kappa shape index (κ2) is 9.21. The first-order chi connectivity index (χ1) is 15.8. The molecule has 2 heterocycles. The zero-order valence-corrected chi connectivity index (χ0v) is 18.4. The molecule has 2 aromatic carbocycles. The fourth-order valence-corrected chi connectivity index (χ4v) is 3.79. The van der Waals surface area contributed by atoms with E-state index >= 15 is 0 Å². The summed E-state index contributed by atoms with van der Waals surface area (Å²) in [6, 6.07) is 11.0. The van der Waals surface area contributed by atoms with Crippen LogP contribution < -0.4 is 21.3 Å². The summed E-state index contributed by atoms with van der Waals surface area (Å²) in [4.78, 5) is 25.8. The molecule has 10 heteroatoms. The van der Waals surface area contributed by atoms with E-state index in [0.29, 0.717) is 37.0 Å². The van der Waals surface area contributed by atoms with Crippen molar-refractivity contribution in [3.63, 3.8) is 0 Å². The first-order valence-corrected chi connectivity index (χ1v) is 10.5. The monoisotopic (exact) mass is 450 g/mol. The van der Waals surface area contributed by atoms with Crippen molar-refractivity contribution in [3.8, 4) is 5.75 Å². The van der Waals surface area contributed by atoms with Gasteiger partial charge in [-0.25, -0.2) is 0 Å². The van der Waals surface area contributed by atoms with Gasteiger partial charge in [0.1, 0.15) is 23.7 Å². The number of morpholine rings is 1. The maximum Gasteiger partial charge on any atom is 0.256 e. The SMILES string of the molecule is Cc1cc(CNc2n[nH]c(Nc3ccc(N4CCOCC4=O)cc3)c2C(N)=O)cc(C)c1O. The van der Waals surface area contributed by atoms with E-state index < -0.39 is 5.91 Å². The molecule has 0 unspecified atom stereocenters. The number of nitrogens with zero attached hydrogens (tertiary/aromatic N) is 2. The van der Waals surface area contributed by atoms with Crippen molar-refractivity contribution < 1.29 is 19.4 Å². The summed E-state index contributed by atoms with van der Waals surface area (Å²) in [6.07, 6.45) is 0. The lowest BCUT2D eigenvalue weighted by atomic mass is 10.1. The largest absolute Gasteiger partial charge is 0.507 e. The maximum atomic E-state index is 12.1. The van der Waals surface area contributed by atoms with Crippen molar-refractivity contribution >= 4 is 34.8 Å². The minimum atomic E-state index is -0.637. The predicted molar refractivity (Wildman–Crippen MR) is 125 cm³/mol. The van der Waals surface area contributed by atoms with E-state index in [0.717, 1.165) is 22.4 Å². The van der Waals surface area contributed by atoms with E-state index in [1.54, 1.807) is 17.0 Å². The van der Waals surface area contributed by atoms with Gasteiger partial charge in [0.15, 0.2) is 5.82 Å². The molecule has 1 aromatic heterocycles. The molecule has 0 saturated carbocycles. The summed E-state index contributed by atoms with van der Waals surface area (Å²) in [5.41, 5.74) is 9.77. The zero-order chi connectivity index (χ0) is 23.5. The van der Waals surface area contributed by atoms with Crippen molar-refractivity contribution in [3.05, 3.63) is 58.7 Å². The number of primary amides is 1. The van der Waals surface area contributed by atoms with Crippen molar-refractivity contribution in [1.82, 2.24) is 10.2 Å². The molecular formula is C23H26N6O4. The topological polar surface area (TPSA) is 146 Å². The highest BCUT2D eigenvalue weighted by atomic mass is 16.5. The lowest BCUT2D eigenvalue weighted by Crippen LogP contribution is -2.41. The molecule has 33 heavy (non-hydrogen) atoms. The standard InChI is InChI=1S/C23H26N6O4/c1-13-9-15(10-14(2)20(13)31)11-25-22-19(21(24)32)23(28-27-22)26-16-3-5-17(6-4-16)29-7-8-33-12-18(29)30/h3-6,9-10,31H,7-8,11-12H2,1-2H3,(H2,24,32)(H3,25,26,27,28). The quantitative estimate of drug-likeness (QED) is 0.372. The number of rotatable bonds is 7. The molecule has 0 bridgehead atoms. The molecule has 0 atom stereocenters. The molecule has 6 N–H and O–H groups in total. The molecule has 2 amide bonds. The van der Waals surface area contributed by atoms with Crippen LogP contribution in [0.25, 0.3) is 0 Å². The third kappa shape index (κ3) is 4.75. The number of ether oxygens (including phenoxy) is 1.